The molecule has 228 valence electrons. The summed E-state index contributed by atoms with van der Waals surface area (Å²) in [4.78, 5) is 28.0. The van der Waals surface area contributed by atoms with E-state index in [1.54, 1.807) is 6.33 Å². The number of hydrogen-bond acceptors (Lipinski definition) is 9. The van der Waals surface area contributed by atoms with Crippen LogP contribution < -0.4 is 11.1 Å². The monoisotopic (exact) mass is 579 g/mol. The van der Waals surface area contributed by atoms with E-state index in [0.29, 0.717) is 49.0 Å². The lowest BCUT2D eigenvalue weighted by Crippen LogP contribution is -2.44. The maximum Gasteiger partial charge on any atom is 0.224 e. The van der Waals surface area contributed by atoms with Gasteiger partial charge in [-0.1, -0.05) is 58.9 Å². The number of hydrogen-bond donors (Lipinski definition) is 2. The largest absolute Gasteiger partial charge is 0.382 e. The number of ether oxygens (including phenoxy) is 3. The number of amides is 1. The Kier molecular flexibility index (Phi) is 8.58. The van der Waals surface area contributed by atoms with Gasteiger partial charge >= 0.3 is 0 Å². The lowest BCUT2D eigenvalue weighted by molar-refractivity contribution is -0.198. The van der Waals surface area contributed by atoms with Gasteiger partial charge in [0.05, 0.1) is 12.7 Å². The molecule has 2 aromatic heterocycles. The van der Waals surface area contributed by atoms with E-state index >= 15 is 0 Å². The van der Waals surface area contributed by atoms with Crippen LogP contribution >= 0.6 is 0 Å². The van der Waals surface area contributed by atoms with Crippen molar-refractivity contribution in [3.05, 3.63) is 48.0 Å². The van der Waals surface area contributed by atoms with Gasteiger partial charge in [0.25, 0.3) is 0 Å². The zero-order valence-corrected chi connectivity index (χ0v) is 25.8. The van der Waals surface area contributed by atoms with Crippen molar-refractivity contribution in [3.8, 4) is 0 Å². The number of carbonyl (C=O) groups excluding carboxylic acids is 1. The van der Waals surface area contributed by atoms with E-state index < -0.39 is 12.0 Å². The number of benzene rings is 1. The number of aromatic nitrogens is 4. The standard InChI is InChI=1S/C31H45N7O4/c1-19(2)15-37(13-12-33-23(39)14-20-8-10-21(11-9-20)30(3,4)5)16-22-25-26(42-31(6,7)41-25)29(40-22)38-18-36-24-27(32)34-17-35-28(24)38/h8-11,17-19,22,25-26,29H,12-16H2,1-7H3,(H,33,39)(H2,32,34,35)/t22-,25-,26?,29-/m1/s1. The van der Waals surface area contributed by atoms with Crippen molar-refractivity contribution in [1.82, 2.24) is 29.7 Å². The van der Waals surface area contributed by atoms with Crippen LogP contribution in [0.15, 0.2) is 36.9 Å². The fourth-order valence-corrected chi connectivity index (χ4v) is 5.84. The molecule has 3 aromatic rings. The molecule has 0 radical (unpaired) electrons. The molecule has 2 aliphatic heterocycles. The van der Waals surface area contributed by atoms with Gasteiger partial charge in [0, 0.05) is 26.2 Å². The van der Waals surface area contributed by atoms with Gasteiger partial charge in [-0.25, -0.2) is 15.0 Å². The summed E-state index contributed by atoms with van der Waals surface area (Å²) in [6, 6.07) is 8.31. The van der Waals surface area contributed by atoms with Gasteiger partial charge in [-0.3, -0.25) is 14.3 Å². The zero-order valence-electron chi connectivity index (χ0n) is 25.8. The summed E-state index contributed by atoms with van der Waals surface area (Å²) >= 11 is 0. The highest BCUT2D eigenvalue weighted by atomic mass is 16.8. The first-order valence-electron chi connectivity index (χ1n) is 14.8. The fraction of sp³-hybridized carbons (Fsp3) is 0.613. The van der Waals surface area contributed by atoms with Gasteiger partial charge in [-0.15, -0.1) is 0 Å². The second-order valence-electron chi connectivity index (χ2n) is 13.3. The normalized spacial score (nSPS) is 23.6. The number of fused-ring (bicyclic) bond motifs is 2. The fourth-order valence-electron chi connectivity index (χ4n) is 5.84. The predicted octanol–water partition coefficient (Wildman–Crippen LogP) is 3.44. The van der Waals surface area contributed by atoms with Gasteiger partial charge in [-0.05, 0) is 36.3 Å². The van der Waals surface area contributed by atoms with Crippen LogP contribution in [-0.2, 0) is 30.8 Å². The van der Waals surface area contributed by atoms with E-state index in [-0.39, 0.29) is 29.6 Å². The summed E-state index contributed by atoms with van der Waals surface area (Å²) in [6.45, 7) is 17.5. The molecule has 1 aromatic carbocycles. The number of nitrogen functional groups attached to an aromatic ring is 1. The highest BCUT2D eigenvalue weighted by molar-refractivity contribution is 5.81. The molecule has 0 bridgehead atoms. The van der Waals surface area contributed by atoms with Crippen molar-refractivity contribution in [2.45, 2.75) is 90.6 Å². The molecule has 0 spiro atoms. The zero-order chi connectivity index (χ0) is 30.2. The van der Waals surface area contributed by atoms with Gasteiger partial charge in [0.15, 0.2) is 23.5 Å². The Bertz CT molecular complexity index is 1380. The van der Waals surface area contributed by atoms with Crippen LogP contribution in [0.5, 0.6) is 0 Å². The van der Waals surface area contributed by atoms with E-state index in [2.05, 4.69) is 71.9 Å². The van der Waals surface area contributed by atoms with Crippen LogP contribution in [0.1, 0.15) is 65.8 Å². The molecule has 2 saturated heterocycles. The lowest BCUT2D eigenvalue weighted by Gasteiger charge is -2.30. The molecule has 0 saturated carbocycles. The second kappa shape index (κ2) is 11.9. The molecule has 4 atom stereocenters. The first-order chi connectivity index (χ1) is 19.8. The number of nitrogens with two attached hydrogens (primary N) is 1. The van der Waals surface area contributed by atoms with E-state index in [9.17, 15) is 4.79 Å². The third-order valence-corrected chi connectivity index (χ3v) is 7.78. The van der Waals surface area contributed by atoms with E-state index in [4.69, 9.17) is 19.9 Å². The Balaban J connectivity index is 1.23. The molecule has 5 rings (SSSR count). The molecule has 3 N–H and O–H groups in total. The minimum Gasteiger partial charge on any atom is -0.382 e. The Hall–Kier alpha value is -3.12. The van der Waals surface area contributed by atoms with Crippen molar-refractivity contribution in [2.75, 3.05) is 31.9 Å². The summed E-state index contributed by atoms with van der Waals surface area (Å²) in [5.74, 6) is 0.0233. The van der Waals surface area contributed by atoms with Crippen LogP contribution in [0.2, 0.25) is 0 Å². The van der Waals surface area contributed by atoms with Gasteiger partial charge < -0.3 is 25.3 Å². The number of imidazole rings is 1. The summed E-state index contributed by atoms with van der Waals surface area (Å²) in [6.07, 6.45) is 2.10. The molecule has 42 heavy (non-hydrogen) atoms. The average Bonchev–Trinajstić information content (AvgIpc) is 3.55. The van der Waals surface area contributed by atoms with Crippen molar-refractivity contribution in [3.63, 3.8) is 0 Å². The van der Waals surface area contributed by atoms with Crippen molar-refractivity contribution in [2.24, 2.45) is 5.92 Å². The first kappa shape index (κ1) is 30.3. The minimum atomic E-state index is -0.748. The molecular weight excluding hydrogens is 534 g/mol. The van der Waals surface area contributed by atoms with E-state index in [0.717, 1.165) is 12.1 Å². The molecular formula is C31H45N7O4. The smallest absolute Gasteiger partial charge is 0.224 e. The quantitative estimate of drug-likeness (QED) is 0.371. The third kappa shape index (κ3) is 6.75. The molecule has 2 aliphatic rings. The van der Waals surface area contributed by atoms with E-state index in [1.807, 2.05) is 30.5 Å². The SMILES string of the molecule is CC(C)CN(CCNC(=O)Cc1ccc(C(C)(C)C)cc1)C[C@H]1O[C@@H](n2cnc3c(N)ncnc32)C2OC(C)(C)O[C@@H]21. The molecule has 11 nitrogen and oxygen atoms in total. The molecule has 4 heterocycles. The maximum atomic E-state index is 12.8. The summed E-state index contributed by atoms with van der Waals surface area (Å²) < 4.78 is 21.2. The minimum absolute atomic E-state index is 0.0165. The van der Waals surface area contributed by atoms with Crippen molar-refractivity contribution >= 4 is 22.9 Å². The van der Waals surface area contributed by atoms with Crippen LogP contribution in [0.4, 0.5) is 5.82 Å². The number of carbonyl (C=O) groups is 1. The van der Waals surface area contributed by atoms with Gasteiger partial charge in [0.1, 0.15) is 30.2 Å². The molecule has 0 aliphatic carbocycles. The van der Waals surface area contributed by atoms with Crippen molar-refractivity contribution < 1.29 is 19.0 Å². The van der Waals surface area contributed by atoms with Crippen LogP contribution in [-0.4, -0.2) is 80.6 Å². The Morgan fingerprint density at radius 2 is 1.83 bits per heavy atom. The summed E-state index contributed by atoms with van der Waals surface area (Å²) in [5, 5.41) is 3.10. The Morgan fingerprint density at radius 3 is 2.52 bits per heavy atom. The number of anilines is 1. The van der Waals surface area contributed by atoms with Crippen LogP contribution in [0.3, 0.4) is 0 Å². The topological polar surface area (TPSA) is 130 Å². The van der Waals surface area contributed by atoms with Crippen LogP contribution in [0, 0.1) is 5.92 Å². The highest BCUT2D eigenvalue weighted by Gasteiger charge is 2.56. The number of nitrogens with zero attached hydrogens (tertiary/aromatic N) is 5. The summed E-state index contributed by atoms with van der Waals surface area (Å²) in [5.41, 5.74) is 9.51. The average molecular weight is 580 g/mol. The van der Waals surface area contributed by atoms with Crippen molar-refractivity contribution in [1.29, 1.82) is 0 Å². The molecule has 1 unspecified atom stereocenters. The maximum absolute atomic E-state index is 12.8. The highest BCUT2D eigenvalue weighted by Crippen LogP contribution is 2.44. The number of rotatable bonds is 10. The number of nitrogens with one attached hydrogen (secondary N) is 1. The van der Waals surface area contributed by atoms with Crippen LogP contribution in [0.25, 0.3) is 11.2 Å². The Labute approximate surface area is 248 Å². The van der Waals surface area contributed by atoms with Gasteiger partial charge in [0.2, 0.25) is 5.91 Å². The molecule has 2 fully saturated rings. The van der Waals surface area contributed by atoms with E-state index in [1.165, 1.54) is 11.9 Å². The third-order valence-electron chi connectivity index (χ3n) is 7.78. The summed E-state index contributed by atoms with van der Waals surface area (Å²) in [7, 11) is 0. The lowest BCUT2D eigenvalue weighted by atomic mass is 9.86. The molecule has 1 amide bonds. The first-order valence-corrected chi connectivity index (χ1v) is 14.8. The second-order valence-corrected chi connectivity index (χ2v) is 13.3. The molecule has 11 heteroatoms. The predicted molar refractivity (Wildman–Crippen MR) is 161 cm³/mol. The Morgan fingerprint density at radius 1 is 1.12 bits per heavy atom. The van der Waals surface area contributed by atoms with Gasteiger partial charge in [-0.2, -0.15) is 0 Å².